The Labute approximate surface area is 84.3 Å². The first kappa shape index (κ1) is 11.0. The van der Waals surface area contributed by atoms with Gasteiger partial charge in [0.15, 0.2) is 6.29 Å². The van der Waals surface area contributed by atoms with E-state index in [0.717, 1.165) is 5.56 Å². The third kappa shape index (κ3) is 3.36. The van der Waals surface area contributed by atoms with Gasteiger partial charge in [-0.1, -0.05) is 12.1 Å². The number of methoxy groups -OCH3 is 1. The van der Waals surface area contributed by atoms with Crippen LogP contribution < -0.4 is 0 Å². The van der Waals surface area contributed by atoms with Gasteiger partial charge in [0.1, 0.15) is 5.75 Å². The van der Waals surface area contributed by atoms with Crippen LogP contribution in [0.3, 0.4) is 0 Å². The van der Waals surface area contributed by atoms with Crippen molar-refractivity contribution in [1.29, 1.82) is 0 Å². The summed E-state index contributed by atoms with van der Waals surface area (Å²) in [4.78, 5) is 0. The van der Waals surface area contributed by atoms with Gasteiger partial charge in [-0.05, 0) is 24.6 Å². The molecule has 0 aliphatic carbocycles. The molecule has 1 N–H and O–H groups in total. The number of hydrogen-bond donors (Lipinski definition) is 1. The van der Waals surface area contributed by atoms with Gasteiger partial charge in [-0.3, -0.25) is 0 Å². The zero-order valence-electron chi connectivity index (χ0n) is 8.56. The van der Waals surface area contributed by atoms with Gasteiger partial charge in [0, 0.05) is 20.1 Å². The van der Waals surface area contributed by atoms with Crippen LogP contribution in [0, 0.1) is 0 Å². The highest BCUT2D eigenvalue weighted by Gasteiger charge is 2.07. The summed E-state index contributed by atoms with van der Waals surface area (Å²) in [5.74, 6) is 0.272. The van der Waals surface area contributed by atoms with E-state index in [0.29, 0.717) is 13.0 Å². The van der Waals surface area contributed by atoms with Gasteiger partial charge in [0.25, 0.3) is 0 Å². The van der Waals surface area contributed by atoms with Gasteiger partial charge < -0.3 is 14.6 Å². The lowest BCUT2D eigenvalue weighted by molar-refractivity contribution is -0.118. The molecule has 14 heavy (non-hydrogen) atoms. The Bertz CT molecular complexity index is 273. The second kappa shape index (κ2) is 5.62. The summed E-state index contributed by atoms with van der Waals surface area (Å²) >= 11 is 0. The fraction of sp³-hybridized carbons (Fsp3) is 0.455. The van der Waals surface area contributed by atoms with Gasteiger partial charge in [-0.2, -0.15) is 0 Å². The number of ether oxygens (including phenoxy) is 2. The van der Waals surface area contributed by atoms with E-state index in [9.17, 15) is 5.11 Å². The van der Waals surface area contributed by atoms with E-state index in [1.807, 2.05) is 19.1 Å². The van der Waals surface area contributed by atoms with Gasteiger partial charge in [0.05, 0.1) is 0 Å². The Balaban J connectivity index is 2.57. The third-order valence-corrected chi connectivity index (χ3v) is 1.93. The molecule has 0 radical (unpaired) electrons. The van der Waals surface area contributed by atoms with Crippen LogP contribution >= 0.6 is 0 Å². The van der Waals surface area contributed by atoms with Gasteiger partial charge in [-0.25, -0.2) is 0 Å². The molecule has 0 spiro atoms. The normalized spacial score (nSPS) is 12.7. The molecule has 0 amide bonds. The van der Waals surface area contributed by atoms with Crippen LogP contribution in [0.1, 0.15) is 12.5 Å². The Kier molecular flexibility index (Phi) is 4.43. The van der Waals surface area contributed by atoms with Crippen molar-refractivity contribution in [2.75, 3.05) is 13.7 Å². The highest BCUT2D eigenvalue weighted by molar-refractivity contribution is 5.27. The molecule has 78 valence electrons. The highest BCUT2D eigenvalue weighted by Crippen LogP contribution is 2.13. The van der Waals surface area contributed by atoms with Crippen molar-refractivity contribution in [2.45, 2.75) is 19.6 Å². The first-order valence-electron chi connectivity index (χ1n) is 4.68. The lowest BCUT2D eigenvalue weighted by Crippen LogP contribution is -2.18. The number of phenols is 1. The maximum absolute atomic E-state index is 9.25. The van der Waals surface area contributed by atoms with Crippen molar-refractivity contribution in [1.82, 2.24) is 0 Å². The molecule has 0 saturated heterocycles. The van der Waals surface area contributed by atoms with Crippen LogP contribution in [0.4, 0.5) is 0 Å². The lowest BCUT2D eigenvalue weighted by atomic mass is 10.1. The van der Waals surface area contributed by atoms with Crippen LogP contribution in [0.25, 0.3) is 0 Å². The van der Waals surface area contributed by atoms with Crippen LogP contribution in [0.5, 0.6) is 5.75 Å². The second-order valence-electron chi connectivity index (χ2n) is 2.99. The zero-order valence-corrected chi connectivity index (χ0v) is 8.56. The molecule has 0 saturated carbocycles. The van der Waals surface area contributed by atoms with E-state index in [1.54, 1.807) is 19.2 Å². The lowest BCUT2D eigenvalue weighted by Gasteiger charge is -2.14. The molecular weight excluding hydrogens is 180 g/mol. The SMILES string of the molecule is CCOC(Cc1cccc(O)c1)OC. The molecule has 1 aromatic rings. The average molecular weight is 196 g/mol. The number of rotatable bonds is 5. The molecule has 0 aliphatic rings. The average Bonchev–Trinajstić information content (AvgIpc) is 2.17. The minimum Gasteiger partial charge on any atom is -0.508 e. The van der Waals surface area contributed by atoms with Crippen LogP contribution in [-0.2, 0) is 15.9 Å². The fourth-order valence-electron chi connectivity index (χ4n) is 1.27. The van der Waals surface area contributed by atoms with Crippen LogP contribution in [0.2, 0.25) is 0 Å². The molecule has 0 heterocycles. The number of benzene rings is 1. The standard InChI is InChI=1S/C11H16O3/c1-3-14-11(13-2)8-9-5-4-6-10(12)7-9/h4-7,11-12H,3,8H2,1-2H3. The zero-order chi connectivity index (χ0) is 10.4. The van der Waals surface area contributed by atoms with E-state index in [4.69, 9.17) is 9.47 Å². The summed E-state index contributed by atoms with van der Waals surface area (Å²) in [6, 6.07) is 7.10. The van der Waals surface area contributed by atoms with Crippen molar-refractivity contribution < 1.29 is 14.6 Å². The molecule has 3 heteroatoms. The molecule has 3 nitrogen and oxygen atoms in total. The van der Waals surface area contributed by atoms with E-state index in [-0.39, 0.29) is 12.0 Å². The molecule has 1 atom stereocenters. The van der Waals surface area contributed by atoms with E-state index >= 15 is 0 Å². The van der Waals surface area contributed by atoms with Crippen LogP contribution in [-0.4, -0.2) is 25.1 Å². The smallest absolute Gasteiger partial charge is 0.161 e. The first-order chi connectivity index (χ1) is 6.76. The third-order valence-electron chi connectivity index (χ3n) is 1.93. The Morgan fingerprint density at radius 3 is 2.79 bits per heavy atom. The highest BCUT2D eigenvalue weighted by atomic mass is 16.7. The van der Waals surface area contributed by atoms with Gasteiger partial charge in [0.2, 0.25) is 0 Å². The van der Waals surface area contributed by atoms with Crippen molar-refractivity contribution in [3.63, 3.8) is 0 Å². The number of aromatic hydroxyl groups is 1. The van der Waals surface area contributed by atoms with Crippen molar-refractivity contribution >= 4 is 0 Å². The van der Waals surface area contributed by atoms with E-state index in [2.05, 4.69) is 0 Å². The summed E-state index contributed by atoms with van der Waals surface area (Å²) in [7, 11) is 1.61. The molecule has 0 bridgehead atoms. The van der Waals surface area contributed by atoms with E-state index in [1.165, 1.54) is 0 Å². The van der Waals surface area contributed by atoms with Crippen LogP contribution in [0.15, 0.2) is 24.3 Å². The largest absolute Gasteiger partial charge is 0.508 e. The molecule has 0 aliphatic heterocycles. The van der Waals surface area contributed by atoms with Crippen molar-refractivity contribution in [3.05, 3.63) is 29.8 Å². The Morgan fingerprint density at radius 2 is 2.21 bits per heavy atom. The van der Waals surface area contributed by atoms with Gasteiger partial charge in [-0.15, -0.1) is 0 Å². The summed E-state index contributed by atoms with van der Waals surface area (Å²) in [6.07, 6.45) is 0.417. The van der Waals surface area contributed by atoms with Crippen molar-refractivity contribution in [3.8, 4) is 5.75 Å². The summed E-state index contributed by atoms with van der Waals surface area (Å²) in [6.45, 7) is 2.55. The minimum absolute atomic E-state index is 0.234. The number of phenolic OH excluding ortho intramolecular Hbond substituents is 1. The predicted octanol–water partition coefficient (Wildman–Crippen LogP) is 1.94. The molecular formula is C11H16O3. The summed E-state index contributed by atoms with van der Waals surface area (Å²) in [5.41, 5.74) is 1.00. The summed E-state index contributed by atoms with van der Waals surface area (Å²) in [5, 5.41) is 9.25. The monoisotopic (exact) mass is 196 g/mol. The predicted molar refractivity (Wildman–Crippen MR) is 54.2 cm³/mol. The Hall–Kier alpha value is -1.06. The molecule has 0 aromatic heterocycles. The molecule has 0 fully saturated rings. The fourth-order valence-corrected chi connectivity index (χ4v) is 1.27. The second-order valence-corrected chi connectivity index (χ2v) is 2.99. The summed E-state index contributed by atoms with van der Waals surface area (Å²) < 4.78 is 10.5. The topological polar surface area (TPSA) is 38.7 Å². The molecule has 1 unspecified atom stereocenters. The molecule has 1 aromatic carbocycles. The van der Waals surface area contributed by atoms with Gasteiger partial charge >= 0.3 is 0 Å². The van der Waals surface area contributed by atoms with Crippen molar-refractivity contribution in [2.24, 2.45) is 0 Å². The van der Waals surface area contributed by atoms with E-state index < -0.39 is 0 Å². The Morgan fingerprint density at radius 1 is 1.43 bits per heavy atom. The number of hydrogen-bond acceptors (Lipinski definition) is 3. The minimum atomic E-state index is -0.234. The maximum Gasteiger partial charge on any atom is 0.161 e. The molecule has 1 rings (SSSR count). The quantitative estimate of drug-likeness (QED) is 0.731. The maximum atomic E-state index is 9.25. The first-order valence-corrected chi connectivity index (χ1v) is 4.68.